The maximum absolute atomic E-state index is 12.1. The third-order valence-electron chi connectivity index (χ3n) is 2.99. The molecule has 0 fully saturated rings. The second-order valence-corrected chi connectivity index (χ2v) is 4.52. The summed E-state index contributed by atoms with van der Waals surface area (Å²) in [5.41, 5.74) is 9.36. The molecule has 0 spiro atoms. The summed E-state index contributed by atoms with van der Waals surface area (Å²) in [5.74, 6) is -0.287. The van der Waals surface area contributed by atoms with Crippen LogP contribution in [-0.2, 0) is 0 Å². The minimum absolute atomic E-state index is 0.0482. The number of nitrogens with two attached hydrogens (primary N) is 1. The molecule has 0 atom stereocenters. The molecule has 0 saturated heterocycles. The van der Waals surface area contributed by atoms with Crippen molar-refractivity contribution in [1.29, 1.82) is 0 Å². The van der Waals surface area contributed by atoms with Crippen molar-refractivity contribution in [2.45, 2.75) is 6.92 Å². The monoisotopic (exact) mass is 312 g/mol. The van der Waals surface area contributed by atoms with E-state index in [1.54, 1.807) is 6.92 Å². The number of hydrogen-bond donors (Lipinski definition) is 2. The van der Waals surface area contributed by atoms with Crippen molar-refractivity contribution in [3.63, 3.8) is 0 Å². The zero-order valence-corrected chi connectivity index (χ0v) is 12.0. The molecule has 2 heterocycles. The maximum Gasteiger partial charge on any atom is 0.293 e. The van der Waals surface area contributed by atoms with Gasteiger partial charge in [-0.15, -0.1) is 5.10 Å². The molecule has 3 aromatic rings. The van der Waals surface area contributed by atoms with Crippen molar-refractivity contribution in [3.8, 4) is 5.82 Å². The van der Waals surface area contributed by atoms with Crippen molar-refractivity contribution < 1.29 is 9.42 Å². The number of nitrogens with zero attached hydrogens (tertiary/aromatic N) is 6. The van der Waals surface area contributed by atoms with Crippen LogP contribution < -0.4 is 11.2 Å². The lowest BCUT2D eigenvalue weighted by Crippen LogP contribution is -2.19. The zero-order chi connectivity index (χ0) is 16.2. The first kappa shape index (κ1) is 14.4. The first-order valence-electron chi connectivity index (χ1n) is 6.56. The van der Waals surface area contributed by atoms with Crippen LogP contribution in [0.4, 0.5) is 5.82 Å². The average molecular weight is 312 g/mol. The number of carbonyl (C=O) groups excluding carboxylic acids is 1. The number of carbonyl (C=O) groups is 1. The molecule has 0 radical (unpaired) electrons. The van der Waals surface area contributed by atoms with Gasteiger partial charge in [-0.25, -0.2) is 10.1 Å². The minimum atomic E-state index is -0.504. The van der Waals surface area contributed by atoms with Crippen molar-refractivity contribution >= 4 is 17.9 Å². The van der Waals surface area contributed by atoms with Crippen LogP contribution in [-0.4, -0.2) is 37.4 Å². The van der Waals surface area contributed by atoms with E-state index in [0.717, 1.165) is 5.56 Å². The molecule has 0 bridgehead atoms. The van der Waals surface area contributed by atoms with Gasteiger partial charge in [-0.1, -0.05) is 35.5 Å². The van der Waals surface area contributed by atoms with Crippen LogP contribution in [0.5, 0.6) is 0 Å². The van der Waals surface area contributed by atoms with Crippen molar-refractivity contribution in [2.24, 2.45) is 5.10 Å². The molecule has 1 amide bonds. The highest BCUT2D eigenvalue weighted by Crippen LogP contribution is 2.14. The molecule has 10 heteroatoms. The van der Waals surface area contributed by atoms with Crippen LogP contribution in [0.3, 0.4) is 0 Å². The van der Waals surface area contributed by atoms with Gasteiger partial charge in [0.05, 0.1) is 11.9 Å². The summed E-state index contributed by atoms with van der Waals surface area (Å²) >= 11 is 0. The van der Waals surface area contributed by atoms with Crippen LogP contribution in [0, 0.1) is 6.92 Å². The van der Waals surface area contributed by atoms with E-state index < -0.39 is 5.91 Å². The summed E-state index contributed by atoms with van der Waals surface area (Å²) in [7, 11) is 0. The Bertz CT molecular complexity index is 852. The molecular weight excluding hydrogens is 300 g/mol. The molecule has 3 rings (SSSR count). The summed E-state index contributed by atoms with van der Waals surface area (Å²) in [6.07, 6.45) is 1.52. The molecule has 0 aliphatic heterocycles. The van der Waals surface area contributed by atoms with E-state index in [1.807, 2.05) is 30.3 Å². The van der Waals surface area contributed by atoms with Gasteiger partial charge in [0.2, 0.25) is 11.6 Å². The molecule has 1 aromatic carbocycles. The highest BCUT2D eigenvalue weighted by atomic mass is 16.6. The predicted molar refractivity (Wildman–Crippen MR) is 79.9 cm³/mol. The largest absolute Gasteiger partial charge is 0.378 e. The number of hydrogen-bond acceptors (Lipinski definition) is 8. The molecule has 2 aromatic heterocycles. The van der Waals surface area contributed by atoms with Crippen LogP contribution in [0.25, 0.3) is 5.82 Å². The summed E-state index contributed by atoms with van der Waals surface area (Å²) in [5, 5.41) is 18.6. The zero-order valence-electron chi connectivity index (χ0n) is 12.0. The number of benzene rings is 1. The molecule has 0 unspecified atom stereocenters. The Morgan fingerprint density at radius 2 is 2.13 bits per heavy atom. The third-order valence-corrected chi connectivity index (χ3v) is 2.99. The predicted octanol–water partition coefficient (Wildman–Crippen LogP) is 0.305. The second-order valence-electron chi connectivity index (χ2n) is 4.52. The summed E-state index contributed by atoms with van der Waals surface area (Å²) < 4.78 is 5.77. The minimum Gasteiger partial charge on any atom is -0.378 e. The van der Waals surface area contributed by atoms with Gasteiger partial charge in [-0.2, -0.15) is 9.78 Å². The Labute approximate surface area is 129 Å². The van der Waals surface area contributed by atoms with E-state index in [9.17, 15) is 4.79 Å². The van der Waals surface area contributed by atoms with Gasteiger partial charge in [0, 0.05) is 0 Å². The highest BCUT2D eigenvalue weighted by Gasteiger charge is 2.20. The van der Waals surface area contributed by atoms with E-state index in [-0.39, 0.29) is 17.3 Å². The Morgan fingerprint density at radius 1 is 1.35 bits per heavy atom. The number of anilines is 1. The number of amides is 1. The molecule has 116 valence electrons. The Morgan fingerprint density at radius 3 is 2.83 bits per heavy atom. The van der Waals surface area contributed by atoms with Gasteiger partial charge in [-0.3, -0.25) is 4.79 Å². The third kappa shape index (κ3) is 2.90. The van der Waals surface area contributed by atoms with Gasteiger partial charge in [0.1, 0.15) is 0 Å². The number of nitrogens with one attached hydrogen (secondary N) is 1. The quantitative estimate of drug-likeness (QED) is 0.522. The van der Waals surface area contributed by atoms with Gasteiger partial charge < -0.3 is 5.73 Å². The number of nitrogen functional groups attached to an aromatic ring is 1. The smallest absolute Gasteiger partial charge is 0.293 e. The standard InChI is InChI=1S/C13H12N8O2/c1-8-10(16-20-21(8)12-11(14)18-23-19-12)13(22)17-15-7-9-5-3-2-4-6-9/h2-7H,1H3,(H2,14,18)(H,17,22)/b15-7+. The van der Waals surface area contributed by atoms with E-state index in [1.165, 1.54) is 10.9 Å². The molecule has 0 saturated carbocycles. The molecule has 23 heavy (non-hydrogen) atoms. The molecular formula is C13H12N8O2. The molecule has 3 N–H and O–H groups in total. The van der Waals surface area contributed by atoms with E-state index in [0.29, 0.717) is 5.69 Å². The van der Waals surface area contributed by atoms with Crippen molar-refractivity contribution in [1.82, 2.24) is 30.7 Å². The summed E-state index contributed by atoms with van der Waals surface area (Å²) in [4.78, 5) is 12.1. The lowest BCUT2D eigenvalue weighted by atomic mass is 10.2. The average Bonchev–Trinajstić information content (AvgIpc) is 3.14. The highest BCUT2D eigenvalue weighted by molar-refractivity contribution is 5.94. The SMILES string of the molecule is Cc1c(C(=O)N/N=C/c2ccccc2)nnn1-c1nonc1N. The topological polar surface area (TPSA) is 137 Å². The fraction of sp³-hybridized carbons (Fsp3) is 0.0769. The normalized spacial score (nSPS) is 11.0. The molecule has 10 nitrogen and oxygen atoms in total. The van der Waals surface area contributed by atoms with Gasteiger partial charge in [0.25, 0.3) is 5.91 Å². The van der Waals surface area contributed by atoms with Gasteiger partial charge in [-0.05, 0) is 22.8 Å². The second kappa shape index (κ2) is 6.05. The van der Waals surface area contributed by atoms with Crippen molar-refractivity contribution in [2.75, 3.05) is 5.73 Å². The molecule has 0 aliphatic carbocycles. The summed E-state index contributed by atoms with van der Waals surface area (Å²) in [6.45, 7) is 1.64. The van der Waals surface area contributed by atoms with E-state index in [4.69, 9.17) is 5.73 Å². The number of aromatic nitrogens is 5. The van der Waals surface area contributed by atoms with Crippen LogP contribution in [0.1, 0.15) is 21.7 Å². The first-order chi connectivity index (χ1) is 11.2. The van der Waals surface area contributed by atoms with E-state index in [2.05, 4.69) is 35.8 Å². The Kier molecular flexibility index (Phi) is 3.78. The Hall–Kier alpha value is -3.56. The fourth-order valence-corrected chi connectivity index (χ4v) is 1.84. The number of hydrazone groups is 1. The first-order valence-corrected chi connectivity index (χ1v) is 6.56. The van der Waals surface area contributed by atoms with Gasteiger partial charge >= 0.3 is 0 Å². The maximum atomic E-state index is 12.1. The number of rotatable bonds is 4. The Balaban J connectivity index is 1.75. The van der Waals surface area contributed by atoms with Crippen LogP contribution >= 0.6 is 0 Å². The van der Waals surface area contributed by atoms with Crippen molar-refractivity contribution in [3.05, 3.63) is 47.3 Å². The fourth-order valence-electron chi connectivity index (χ4n) is 1.84. The summed E-state index contributed by atoms with van der Waals surface area (Å²) in [6, 6.07) is 9.35. The van der Waals surface area contributed by atoms with Crippen LogP contribution in [0.2, 0.25) is 0 Å². The van der Waals surface area contributed by atoms with Gasteiger partial charge in [0.15, 0.2) is 5.69 Å². The lowest BCUT2D eigenvalue weighted by molar-refractivity contribution is 0.0949. The lowest BCUT2D eigenvalue weighted by Gasteiger charge is -1.99. The van der Waals surface area contributed by atoms with Crippen LogP contribution in [0.15, 0.2) is 40.1 Å². The molecule has 0 aliphatic rings. The van der Waals surface area contributed by atoms with E-state index >= 15 is 0 Å².